The van der Waals surface area contributed by atoms with Gasteiger partial charge in [-0.3, -0.25) is 0 Å². The SMILES string of the molecule is CC(C)(C)c1c(C(=O)O)nnn1Cc1nnnn1C1CC1. The van der Waals surface area contributed by atoms with Gasteiger partial charge < -0.3 is 5.11 Å². The summed E-state index contributed by atoms with van der Waals surface area (Å²) in [5, 5.41) is 28.7. The largest absolute Gasteiger partial charge is 0.476 e. The van der Waals surface area contributed by atoms with Crippen LogP contribution in [0.5, 0.6) is 0 Å². The van der Waals surface area contributed by atoms with Crippen molar-refractivity contribution in [2.45, 2.75) is 51.6 Å². The van der Waals surface area contributed by atoms with Gasteiger partial charge in [0.25, 0.3) is 0 Å². The van der Waals surface area contributed by atoms with Crippen LogP contribution in [-0.2, 0) is 12.0 Å². The van der Waals surface area contributed by atoms with Crippen LogP contribution in [0.1, 0.15) is 61.7 Å². The van der Waals surface area contributed by atoms with Crippen LogP contribution in [0.3, 0.4) is 0 Å². The number of hydrogen-bond donors (Lipinski definition) is 1. The minimum atomic E-state index is -1.08. The minimum Gasteiger partial charge on any atom is -0.476 e. The predicted molar refractivity (Wildman–Crippen MR) is 70.9 cm³/mol. The van der Waals surface area contributed by atoms with E-state index >= 15 is 0 Å². The molecular weight excluding hydrogens is 274 g/mol. The van der Waals surface area contributed by atoms with Crippen LogP contribution in [0.15, 0.2) is 0 Å². The Kier molecular flexibility index (Phi) is 2.99. The lowest BCUT2D eigenvalue weighted by atomic mass is 9.90. The molecule has 0 aromatic carbocycles. The standard InChI is InChI=1S/C12H17N7O2/c1-12(2,3)10-9(11(20)21)14-16-18(10)6-8-13-15-17-19(8)7-4-5-7/h7H,4-6H2,1-3H3,(H,20,21). The molecule has 2 aromatic heterocycles. The molecule has 2 heterocycles. The Hall–Kier alpha value is -2.32. The molecule has 3 rings (SSSR count). The quantitative estimate of drug-likeness (QED) is 0.879. The van der Waals surface area contributed by atoms with Crippen molar-refractivity contribution in [3.8, 4) is 0 Å². The van der Waals surface area contributed by atoms with E-state index in [2.05, 4.69) is 25.8 Å². The third-order valence-electron chi connectivity index (χ3n) is 3.39. The molecule has 2 aromatic rings. The Morgan fingerprint density at radius 1 is 1.29 bits per heavy atom. The van der Waals surface area contributed by atoms with Crippen molar-refractivity contribution >= 4 is 5.97 Å². The number of rotatable bonds is 4. The first kappa shape index (κ1) is 13.7. The second-order valence-corrected chi connectivity index (χ2v) is 6.27. The summed E-state index contributed by atoms with van der Waals surface area (Å²) in [6.07, 6.45) is 2.14. The Morgan fingerprint density at radius 3 is 2.57 bits per heavy atom. The van der Waals surface area contributed by atoms with Crippen molar-refractivity contribution < 1.29 is 9.90 Å². The molecule has 0 radical (unpaired) electrons. The van der Waals surface area contributed by atoms with Crippen LogP contribution in [-0.4, -0.2) is 46.3 Å². The lowest BCUT2D eigenvalue weighted by Crippen LogP contribution is -2.23. The van der Waals surface area contributed by atoms with Gasteiger partial charge in [-0.15, -0.1) is 10.2 Å². The van der Waals surface area contributed by atoms with Crippen molar-refractivity contribution in [2.75, 3.05) is 0 Å². The van der Waals surface area contributed by atoms with E-state index in [4.69, 9.17) is 0 Å². The number of aromatic carboxylic acids is 1. The Morgan fingerprint density at radius 2 is 2.00 bits per heavy atom. The fourth-order valence-electron chi connectivity index (χ4n) is 2.36. The molecule has 0 aliphatic heterocycles. The Balaban J connectivity index is 1.98. The second-order valence-electron chi connectivity index (χ2n) is 6.27. The van der Waals surface area contributed by atoms with Crippen molar-refractivity contribution in [1.29, 1.82) is 0 Å². The Labute approximate surface area is 121 Å². The topological polar surface area (TPSA) is 112 Å². The zero-order valence-corrected chi connectivity index (χ0v) is 12.2. The molecule has 1 aliphatic carbocycles. The number of aromatic nitrogens is 7. The molecule has 21 heavy (non-hydrogen) atoms. The summed E-state index contributed by atoms with van der Waals surface area (Å²) in [6, 6.07) is 0.357. The van der Waals surface area contributed by atoms with Crippen molar-refractivity contribution in [2.24, 2.45) is 0 Å². The average Bonchev–Trinajstić information content (AvgIpc) is 2.96. The van der Waals surface area contributed by atoms with Gasteiger partial charge in [0.15, 0.2) is 11.5 Å². The van der Waals surface area contributed by atoms with E-state index in [1.54, 1.807) is 9.36 Å². The van der Waals surface area contributed by atoms with Gasteiger partial charge in [-0.05, 0) is 23.3 Å². The van der Waals surface area contributed by atoms with E-state index < -0.39 is 11.4 Å². The van der Waals surface area contributed by atoms with E-state index in [0.29, 0.717) is 24.1 Å². The third kappa shape index (κ3) is 2.50. The molecule has 0 atom stereocenters. The molecule has 9 heteroatoms. The monoisotopic (exact) mass is 291 g/mol. The van der Waals surface area contributed by atoms with Crippen molar-refractivity contribution in [3.63, 3.8) is 0 Å². The van der Waals surface area contributed by atoms with Gasteiger partial charge in [0.05, 0.1) is 11.7 Å². The van der Waals surface area contributed by atoms with Crippen LogP contribution in [0.2, 0.25) is 0 Å². The molecular formula is C12H17N7O2. The van der Waals surface area contributed by atoms with Crippen LogP contribution >= 0.6 is 0 Å². The number of nitrogens with zero attached hydrogens (tertiary/aromatic N) is 7. The maximum Gasteiger partial charge on any atom is 0.358 e. The fourth-order valence-corrected chi connectivity index (χ4v) is 2.36. The van der Waals surface area contributed by atoms with Crippen LogP contribution in [0.4, 0.5) is 0 Å². The number of hydrogen-bond acceptors (Lipinski definition) is 6. The van der Waals surface area contributed by atoms with E-state index in [9.17, 15) is 9.90 Å². The zero-order chi connectivity index (χ0) is 15.2. The molecule has 0 amide bonds. The summed E-state index contributed by atoms with van der Waals surface area (Å²) in [6.45, 7) is 6.10. The molecule has 0 spiro atoms. The third-order valence-corrected chi connectivity index (χ3v) is 3.39. The van der Waals surface area contributed by atoms with E-state index in [1.807, 2.05) is 20.8 Å². The number of carbonyl (C=O) groups is 1. The van der Waals surface area contributed by atoms with E-state index in [0.717, 1.165) is 12.8 Å². The van der Waals surface area contributed by atoms with Crippen molar-refractivity contribution in [1.82, 2.24) is 35.2 Å². The smallest absolute Gasteiger partial charge is 0.358 e. The summed E-state index contributed by atoms with van der Waals surface area (Å²) in [7, 11) is 0. The first-order chi connectivity index (χ1) is 9.88. The lowest BCUT2D eigenvalue weighted by molar-refractivity contribution is 0.0687. The predicted octanol–water partition coefficient (Wildman–Crippen LogP) is 0.643. The summed E-state index contributed by atoms with van der Waals surface area (Å²) in [5.74, 6) is -0.405. The van der Waals surface area contributed by atoms with Gasteiger partial charge in [0, 0.05) is 5.41 Å². The fraction of sp³-hybridized carbons (Fsp3) is 0.667. The van der Waals surface area contributed by atoms with E-state index in [1.165, 1.54) is 0 Å². The highest BCUT2D eigenvalue weighted by molar-refractivity contribution is 5.86. The van der Waals surface area contributed by atoms with Crippen LogP contribution in [0.25, 0.3) is 0 Å². The summed E-state index contributed by atoms with van der Waals surface area (Å²) in [4.78, 5) is 11.3. The Bertz CT molecular complexity index is 678. The highest BCUT2D eigenvalue weighted by atomic mass is 16.4. The van der Waals surface area contributed by atoms with Gasteiger partial charge in [-0.2, -0.15) is 0 Å². The summed E-state index contributed by atoms with van der Waals surface area (Å²) >= 11 is 0. The first-order valence-electron chi connectivity index (χ1n) is 6.82. The van der Waals surface area contributed by atoms with E-state index in [-0.39, 0.29) is 5.69 Å². The molecule has 1 N–H and O–H groups in total. The molecule has 1 aliphatic rings. The molecule has 1 fully saturated rings. The van der Waals surface area contributed by atoms with Crippen molar-refractivity contribution in [3.05, 3.63) is 17.2 Å². The van der Waals surface area contributed by atoms with Crippen LogP contribution in [0, 0.1) is 0 Å². The maximum atomic E-state index is 11.3. The highest BCUT2D eigenvalue weighted by Gasteiger charge is 2.31. The van der Waals surface area contributed by atoms with Gasteiger partial charge in [0.1, 0.15) is 6.54 Å². The first-order valence-corrected chi connectivity index (χ1v) is 6.82. The van der Waals surface area contributed by atoms with Gasteiger partial charge in [-0.25, -0.2) is 14.2 Å². The maximum absolute atomic E-state index is 11.3. The number of tetrazole rings is 1. The van der Waals surface area contributed by atoms with Gasteiger partial charge in [0.2, 0.25) is 0 Å². The highest BCUT2D eigenvalue weighted by Crippen LogP contribution is 2.34. The summed E-state index contributed by atoms with van der Waals surface area (Å²) < 4.78 is 3.36. The molecule has 0 unspecified atom stereocenters. The molecule has 1 saturated carbocycles. The zero-order valence-electron chi connectivity index (χ0n) is 12.2. The normalized spacial score (nSPS) is 15.4. The lowest BCUT2D eigenvalue weighted by Gasteiger charge is -2.20. The van der Waals surface area contributed by atoms with Crippen LogP contribution < -0.4 is 0 Å². The molecule has 9 nitrogen and oxygen atoms in total. The second kappa shape index (κ2) is 4.61. The number of carboxylic acid groups (broad SMARTS) is 1. The number of carboxylic acids is 1. The van der Waals surface area contributed by atoms with Gasteiger partial charge >= 0.3 is 5.97 Å². The average molecular weight is 291 g/mol. The summed E-state index contributed by atoms with van der Waals surface area (Å²) in [5.41, 5.74) is 0.156. The molecule has 112 valence electrons. The molecule has 0 bridgehead atoms. The minimum absolute atomic E-state index is 0.0204. The van der Waals surface area contributed by atoms with Gasteiger partial charge in [-0.1, -0.05) is 26.0 Å². The molecule has 0 saturated heterocycles.